The molecule has 1 amide bonds. The Bertz CT molecular complexity index is 1260. The zero-order valence-electron chi connectivity index (χ0n) is 47.8. The average molecular weight is 1040 g/mol. The number of hydrogen-bond acceptors (Lipinski definition) is 11. The van der Waals surface area contributed by atoms with Crippen LogP contribution >= 0.6 is 0 Å². The lowest BCUT2D eigenvalue weighted by molar-refractivity contribution is -0.151. The lowest BCUT2D eigenvalue weighted by Crippen LogP contribution is -2.30. The molecule has 0 radical (unpaired) electrons. The number of amides is 1. The highest BCUT2D eigenvalue weighted by atomic mass is 16.6. The van der Waals surface area contributed by atoms with Gasteiger partial charge in [0, 0.05) is 25.9 Å². The summed E-state index contributed by atoms with van der Waals surface area (Å²) in [6.07, 6.45) is 44.1. The van der Waals surface area contributed by atoms with Crippen molar-refractivity contribution in [1.82, 2.24) is 20.2 Å². The van der Waals surface area contributed by atoms with Crippen molar-refractivity contribution in [1.29, 1.82) is 0 Å². The van der Waals surface area contributed by atoms with E-state index in [0.717, 1.165) is 122 Å². The normalized spacial score (nSPS) is 12.4. The number of ether oxygens (including phenoxy) is 6. The zero-order valence-corrected chi connectivity index (χ0v) is 47.8. The molecule has 428 valence electrons. The maximum absolute atomic E-state index is 12.9. The SMILES string of the molecule is CCCCCCCCC(CCCCCC)OC(=O)CCCCCCCN(CCCCCCCC(=O)OC(CCCCCC)CCCCCCCC)CCOCCOCCOCCOCCNC(=O)c1cnc[nH]1. The minimum atomic E-state index is -0.204. The van der Waals surface area contributed by atoms with E-state index in [0.29, 0.717) is 77.9 Å². The van der Waals surface area contributed by atoms with Crippen LogP contribution in [0.1, 0.15) is 269 Å². The largest absolute Gasteiger partial charge is 0.462 e. The van der Waals surface area contributed by atoms with E-state index in [1.165, 1.54) is 128 Å². The van der Waals surface area contributed by atoms with Crippen LogP contribution in [0.5, 0.6) is 0 Å². The minimum Gasteiger partial charge on any atom is -0.462 e. The van der Waals surface area contributed by atoms with Gasteiger partial charge in [-0.3, -0.25) is 14.4 Å². The van der Waals surface area contributed by atoms with Crippen molar-refractivity contribution < 1.29 is 42.8 Å². The average Bonchev–Trinajstić information content (AvgIpc) is 3.94. The lowest BCUT2D eigenvalue weighted by atomic mass is 10.0. The van der Waals surface area contributed by atoms with E-state index in [4.69, 9.17) is 28.4 Å². The van der Waals surface area contributed by atoms with Crippen LogP contribution in [0.2, 0.25) is 0 Å². The quantitative estimate of drug-likeness (QED) is 0.0474. The molecule has 1 aromatic heterocycles. The van der Waals surface area contributed by atoms with Gasteiger partial charge in [0.05, 0.1) is 65.4 Å². The fourth-order valence-electron chi connectivity index (χ4n) is 9.19. The monoisotopic (exact) mass is 1030 g/mol. The molecule has 2 N–H and O–H groups in total. The minimum absolute atomic E-state index is 0.00125. The molecule has 0 aliphatic heterocycles. The second kappa shape index (κ2) is 54.2. The molecule has 0 aromatic carbocycles. The zero-order chi connectivity index (χ0) is 52.8. The Morgan fingerprint density at radius 3 is 1.22 bits per heavy atom. The lowest BCUT2D eigenvalue weighted by Gasteiger charge is -2.22. The summed E-state index contributed by atoms with van der Waals surface area (Å²) < 4.78 is 35.0. The number of aromatic nitrogens is 2. The number of unbranched alkanes of at least 4 members (excludes halogenated alkanes) is 24. The van der Waals surface area contributed by atoms with E-state index >= 15 is 0 Å². The van der Waals surface area contributed by atoms with Crippen LogP contribution in [-0.4, -0.2) is 124 Å². The summed E-state index contributed by atoms with van der Waals surface area (Å²) in [6, 6.07) is 0. The van der Waals surface area contributed by atoms with E-state index < -0.39 is 0 Å². The maximum atomic E-state index is 12.9. The molecule has 73 heavy (non-hydrogen) atoms. The number of esters is 2. The van der Waals surface area contributed by atoms with Gasteiger partial charge in [-0.1, -0.05) is 169 Å². The summed E-state index contributed by atoms with van der Waals surface area (Å²) in [6.45, 7) is 16.4. The van der Waals surface area contributed by atoms with E-state index in [2.05, 4.69) is 47.9 Å². The van der Waals surface area contributed by atoms with Crippen LogP contribution in [0, 0.1) is 0 Å². The van der Waals surface area contributed by atoms with Crippen LogP contribution in [0.4, 0.5) is 0 Å². The summed E-state index contributed by atoms with van der Waals surface area (Å²) in [5.74, 6) is -0.201. The topological polar surface area (TPSA) is 151 Å². The molecule has 0 saturated carbocycles. The van der Waals surface area contributed by atoms with E-state index in [1.807, 2.05) is 0 Å². The Hall–Kier alpha value is -2.58. The molecule has 2 atom stereocenters. The fraction of sp³-hybridized carbons (Fsp3) is 0.900. The summed E-state index contributed by atoms with van der Waals surface area (Å²) in [5.41, 5.74) is 0.427. The van der Waals surface area contributed by atoms with Crippen LogP contribution in [0.15, 0.2) is 12.5 Å². The van der Waals surface area contributed by atoms with Gasteiger partial charge in [0.2, 0.25) is 0 Å². The van der Waals surface area contributed by atoms with Gasteiger partial charge < -0.3 is 43.6 Å². The van der Waals surface area contributed by atoms with Crippen molar-refractivity contribution in [2.24, 2.45) is 0 Å². The number of imidazole rings is 1. The van der Waals surface area contributed by atoms with Crippen molar-refractivity contribution in [3.8, 4) is 0 Å². The molecular formula is C60H114N4O9. The third-order valence-corrected chi connectivity index (χ3v) is 13.8. The second-order valence-corrected chi connectivity index (χ2v) is 20.6. The number of hydrogen-bond donors (Lipinski definition) is 2. The Morgan fingerprint density at radius 1 is 0.452 bits per heavy atom. The van der Waals surface area contributed by atoms with Crippen molar-refractivity contribution in [2.45, 2.75) is 271 Å². The molecule has 2 unspecified atom stereocenters. The van der Waals surface area contributed by atoms with Crippen LogP contribution in [0.3, 0.4) is 0 Å². The maximum Gasteiger partial charge on any atom is 0.306 e. The summed E-state index contributed by atoms with van der Waals surface area (Å²) in [7, 11) is 0. The van der Waals surface area contributed by atoms with Gasteiger partial charge in [-0.15, -0.1) is 0 Å². The number of nitrogens with one attached hydrogen (secondary N) is 2. The van der Waals surface area contributed by atoms with E-state index in [-0.39, 0.29) is 30.1 Å². The highest BCUT2D eigenvalue weighted by Gasteiger charge is 2.16. The Labute approximate surface area is 447 Å². The molecule has 0 fully saturated rings. The number of rotatable bonds is 58. The van der Waals surface area contributed by atoms with Gasteiger partial charge in [0.25, 0.3) is 5.91 Å². The number of nitrogens with zero attached hydrogens (tertiary/aromatic N) is 2. The first-order chi connectivity index (χ1) is 35.9. The number of carbonyl (C=O) groups excluding carboxylic acids is 3. The van der Waals surface area contributed by atoms with Crippen molar-refractivity contribution in [3.05, 3.63) is 18.2 Å². The second-order valence-electron chi connectivity index (χ2n) is 20.6. The molecule has 13 heteroatoms. The van der Waals surface area contributed by atoms with Gasteiger partial charge in [-0.2, -0.15) is 0 Å². The number of aromatic amines is 1. The molecule has 1 rings (SSSR count). The first-order valence-corrected chi connectivity index (χ1v) is 30.6. The molecular weight excluding hydrogens is 921 g/mol. The summed E-state index contributed by atoms with van der Waals surface area (Å²) >= 11 is 0. The predicted molar refractivity (Wildman–Crippen MR) is 299 cm³/mol. The van der Waals surface area contributed by atoms with Gasteiger partial charge >= 0.3 is 11.9 Å². The fourth-order valence-corrected chi connectivity index (χ4v) is 9.19. The number of H-pyrrole nitrogens is 1. The molecule has 1 heterocycles. The predicted octanol–water partition coefficient (Wildman–Crippen LogP) is 14.5. The van der Waals surface area contributed by atoms with Crippen LogP contribution < -0.4 is 5.32 Å². The third kappa shape index (κ3) is 46.5. The number of carbonyl (C=O) groups is 3. The molecule has 0 bridgehead atoms. The van der Waals surface area contributed by atoms with Crippen molar-refractivity contribution in [2.75, 3.05) is 79.0 Å². The van der Waals surface area contributed by atoms with Crippen molar-refractivity contribution in [3.63, 3.8) is 0 Å². The van der Waals surface area contributed by atoms with E-state index in [9.17, 15) is 14.4 Å². The van der Waals surface area contributed by atoms with E-state index in [1.54, 1.807) is 0 Å². The standard InChI is InChI=1S/C60H114N4O9/c1-5-9-13-17-21-29-37-55(35-27-15-11-7-3)72-58(65)39-31-23-19-25-33-42-64(44-46-69-48-50-71-52-51-70-49-47-68-45-41-62-60(67)57-53-61-54-63-57)43-34-26-20-24-32-40-59(66)73-56(36-28-16-12-8-4)38-30-22-18-14-10-6-2/h53-56H,5-52H2,1-4H3,(H,61,63)(H,62,67). The third-order valence-electron chi connectivity index (χ3n) is 13.8. The van der Waals surface area contributed by atoms with Gasteiger partial charge in [-0.25, -0.2) is 4.98 Å². The molecule has 0 saturated heterocycles. The van der Waals surface area contributed by atoms with Gasteiger partial charge in [0.15, 0.2) is 0 Å². The Kier molecular flexibility index (Phi) is 50.8. The first kappa shape index (κ1) is 68.4. The summed E-state index contributed by atoms with van der Waals surface area (Å²) in [4.78, 5) is 46.8. The molecule has 1 aromatic rings. The summed E-state index contributed by atoms with van der Waals surface area (Å²) in [5, 5.41) is 2.77. The smallest absolute Gasteiger partial charge is 0.306 e. The Morgan fingerprint density at radius 2 is 0.808 bits per heavy atom. The molecule has 0 spiro atoms. The van der Waals surface area contributed by atoms with Crippen LogP contribution in [-0.2, 0) is 38.0 Å². The highest BCUT2D eigenvalue weighted by molar-refractivity contribution is 5.91. The highest BCUT2D eigenvalue weighted by Crippen LogP contribution is 2.20. The van der Waals surface area contributed by atoms with Gasteiger partial charge in [-0.05, 0) is 90.1 Å². The van der Waals surface area contributed by atoms with Gasteiger partial charge in [0.1, 0.15) is 17.9 Å². The molecule has 0 aliphatic rings. The molecule has 13 nitrogen and oxygen atoms in total. The first-order valence-electron chi connectivity index (χ1n) is 30.6. The molecule has 0 aliphatic carbocycles. The Balaban J connectivity index is 2.40. The van der Waals surface area contributed by atoms with Crippen molar-refractivity contribution >= 4 is 17.8 Å². The van der Waals surface area contributed by atoms with Crippen LogP contribution in [0.25, 0.3) is 0 Å².